The van der Waals surface area contributed by atoms with E-state index in [-0.39, 0.29) is 12.6 Å². The largest absolute Gasteiger partial charge is 0.460 e. The van der Waals surface area contributed by atoms with Gasteiger partial charge in [-0.2, -0.15) is 0 Å². The highest BCUT2D eigenvalue weighted by molar-refractivity contribution is 5.89. The number of ether oxygens (including phenoxy) is 3. The van der Waals surface area contributed by atoms with Crippen LogP contribution in [0.1, 0.15) is 30.1 Å². The second-order valence-electron chi connectivity index (χ2n) is 5.32. The van der Waals surface area contributed by atoms with E-state index in [0.717, 1.165) is 31.6 Å². The standard InChI is InChI=1S/C18H30N2O4/c1-3-4-9-20-17-7-5-16(6-8-17)18(21)24-15-14-23-13-12-22-11-10-19-2/h5-8,19-20H,3-4,9-15H2,1-2H3. The molecule has 0 aliphatic carbocycles. The average molecular weight is 338 g/mol. The molecule has 0 unspecified atom stereocenters. The summed E-state index contributed by atoms with van der Waals surface area (Å²) in [7, 11) is 1.88. The zero-order valence-electron chi connectivity index (χ0n) is 14.8. The monoisotopic (exact) mass is 338 g/mol. The number of esters is 1. The molecule has 1 rings (SSSR count). The maximum Gasteiger partial charge on any atom is 0.338 e. The van der Waals surface area contributed by atoms with E-state index in [1.807, 2.05) is 19.2 Å². The van der Waals surface area contributed by atoms with Crippen molar-refractivity contribution in [2.45, 2.75) is 19.8 Å². The number of unbranched alkanes of at least 4 members (excludes halogenated alkanes) is 1. The third-order valence-corrected chi connectivity index (χ3v) is 3.31. The predicted molar refractivity (Wildman–Crippen MR) is 95.7 cm³/mol. The fourth-order valence-electron chi connectivity index (χ4n) is 1.91. The first-order chi connectivity index (χ1) is 11.8. The molecule has 136 valence electrons. The van der Waals surface area contributed by atoms with Crippen LogP contribution in [0.2, 0.25) is 0 Å². The van der Waals surface area contributed by atoms with E-state index in [0.29, 0.717) is 32.0 Å². The first-order valence-electron chi connectivity index (χ1n) is 8.59. The highest BCUT2D eigenvalue weighted by atomic mass is 16.6. The zero-order chi connectivity index (χ0) is 17.5. The highest BCUT2D eigenvalue weighted by Crippen LogP contribution is 2.10. The van der Waals surface area contributed by atoms with Crippen LogP contribution in [0, 0.1) is 0 Å². The molecule has 6 nitrogen and oxygen atoms in total. The van der Waals surface area contributed by atoms with Crippen molar-refractivity contribution in [2.24, 2.45) is 0 Å². The van der Waals surface area contributed by atoms with Gasteiger partial charge in [0, 0.05) is 18.8 Å². The average Bonchev–Trinajstić information content (AvgIpc) is 2.61. The van der Waals surface area contributed by atoms with Gasteiger partial charge in [0.2, 0.25) is 0 Å². The first kappa shape index (κ1) is 20.4. The second-order valence-corrected chi connectivity index (χ2v) is 5.32. The number of carbonyl (C=O) groups excluding carboxylic acids is 1. The molecule has 0 bridgehead atoms. The Hall–Kier alpha value is -1.63. The normalized spacial score (nSPS) is 10.6. The number of nitrogens with one attached hydrogen (secondary N) is 2. The van der Waals surface area contributed by atoms with Crippen LogP contribution in [0.5, 0.6) is 0 Å². The third-order valence-electron chi connectivity index (χ3n) is 3.31. The molecule has 24 heavy (non-hydrogen) atoms. The SMILES string of the molecule is CCCCNc1ccc(C(=O)OCCOCCOCCNC)cc1. The molecular formula is C18H30N2O4. The summed E-state index contributed by atoms with van der Waals surface area (Å²) >= 11 is 0. The number of benzene rings is 1. The first-order valence-corrected chi connectivity index (χ1v) is 8.59. The molecule has 0 saturated heterocycles. The van der Waals surface area contributed by atoms with E-state index in [2.05, 4.69) is 17.6 Å². The van der Waals surface area contributed by atoms with Gasteiger partial charge in [-0.25, -0.2) is 4.79 Å². The van der Waals surface area contributed by atoms with E-state index < -0.39 is 0 Å². The summed E-state index contributed by atoms with van der Waals surface area (Å²) < 4.78 is 15.8. The summed E-state index contributed by atoms with van der Waals surface area (Å²) in [5.41, 5.74) is 1.56. The van der Waals surface area contributed by atoms with Crippen molar-refractivity contribution in [3.8, 4) is 0 Å². The number of carbonyl (C=O) groups is 1. The zero-order valence-corrected chi connectivity index (χ0v) is 14.8. The van der Waals surface area contributed by atoms with Gasteiger partial charge in [-0.1, -0.05) is 13.3 Å². The molecule has 0 spiro atoms. The lowest BCUT2D eigenvalue weighted by molar-refractivity contribution is 0.0152. The fraction of sp³-hybridized carbons (Fsp3) is 0.611. The van der Waals surface area contributed by atoms with Gasteiger partial charge in [0.25, 0.3) is 0 Å². The molecule has 0 amide bonds. The van der Waals surface area contributed by atoms with E-state index >= 15 is 0 Å². The summed E-state index contributed by atoms with van der Waals surface area (Å²) in [4.78, 5) is 11.9. The summed E-state index contributed by atoms with van der Waals surface area (Å²) in [6, 6.07) is 7.33. The van der Waals surface area contributed by atoms with Crippen LogP contribution < -0.4 is 10.6 Å². The second kappa shape index (κ2) is 13.8. The third kappa shape index (κ3) is 9.50. The smallest absolute Gasteiger partial charge is 0.338 e. The molecule has 0 fully saturated rings. The number of rotatable bonds is 14. The summed E-state index contributed by atoms with van der Waals surface area (Å²) in [6.07, 6.45) is 2.28. The van der Waals surface area contributed by atoms with E-state index in [9.17, 15) is 4.79 Å². The fourth-order valence-corrected chi connectivity index (χ4v) is 1.91. The van der Waals surface area contributed by atoms with Gasteiger partial charge in [0.05, 0.1) is 32.0 Å². The van der Waals surface area contributed by atoms with Gasteiger partial charge in [0.15, 0.2) is 0 Å². The molecule has 1 aromatic rings. The topological polar surface area (TPSA) is 68.8 Å². The maximum absolute atomic E-state index is 11.9. The molecule has 6 heteroatoms. The van der Waals surface area contributed by atoms with Crippen LogP contribution in [-0.2, 0) is 14.2 Å². The number of anilines is 1. The van der Waals surface area contributed by atoms with Gasteiger partial charge >= 0.3 is 5.97 Å². The van der Waals surface area contributed by atoms with Crippen molar-refractivity contribution in [3.63, 3.8) is 0 Å². The number of hydrogen-bond acceptors (Lipinski definition) is 6. The Morgan fingerprint density at radius 1 is 0.958 bits per heavy atom. The Morgan fingerprint density at radius 3 is 2.29 bits per heavy atom. The molecule has 1 aromatic carbocycles. The van der Waals surface area contributed by atoms with Crippen molar-refractivity contribution < 1.29 is 19.0 Å². The molecular weight excluding hydrogens is 308 g/mol. The van der Waals surface area contributed by atoms with E-state index in [4.69, 9.17) is 14.2 Å². The van der Waals surface area contributed by atoms with Gasteiger partial charge in [0.1, 0.15) is 6.61 Å². The van der Waals surface area contributed by atoms with Gasteiger partial charge in [-0.15, -0.1) is 0 Å². The lowest BCUT2D eigenvalue weighted by Crippen LogP contribution is -2.17. The summed E-state index contributed by atoms with van der Waals surface area (Å²) in [5, 5.41) is 6.30. The molecule has 2 N–H and O–H groups in total. The van der Waals surface area contributed by atoms with Crippen molar-refractivity contribution in [1.82, 2.24) is 5.32 Å². The molecule has 0 saturated carbocycles. The Kier molecular flexibility index (Phi) is 11.7. The van der Waals surface area contributed by atoms with E-state index in [1.54, 1.807) is 12.1 Å². The van der Waals surface area contributed by atoms with Crippen LogP contribution in [0.15, 0.2) is 24.3 Å². The molecule has 0 radical (unpaired) electrons. The minimum absolute atomic E-state index is 0.242. The van der Waals surface area contributed by atoms with Crippen LogP contribution in [0.4, 0.5) is 5.69 Å². The van der Waals surface area contributed by atoms with Crippen LogP contribution in [0.3, 0.4) is 0 Å². The molecule has 0 aromatic heterocycles. The predicted octanol–water partition coefficient (Wildman–Crippen LogP) is 2.31. The van der Waals surface area contributed by atoms with Crippen molar-refractivity contribution in [2.75, 3.05) is 58.5 Å². The molecule has 0 heterocycles. The van der Waals surface area contributed by atoms with Gasteiger partial charge < -0.3 is 24.8 Å². The number of hydrogen-bond donors (Lipinski definition) is 2. The van der Waals surface area contributed by atoms with Crippen LogP contribution >= 0.6 is 0 Å². The minimum Gasteiger partial charge on any atom is -0.460 e. The molecule has 0 aliphatic rings. The van der Waals surface area contributed by atoms with Crippen LogP contribution in [0.25, 0.3) is 0 Å². The lowest BCUT2D eigenvalue weighted by atomic mass is 10.2. The van der Waals surface area contributed by atoms with Crippen molar-refractivity contribution in [1.29, 1.82) is 0 Å². The van der Waals surface area contributed by atoms with Gasteiger partial charge in [-0.3, -0.25) is 0 Å². The minimum atomic E-state index is -0.330. The Balaban J connectivity index is 2.10. The highest BCUT2D eigenvalue weighted by Gasteiger charge is 2.06. The quantitative estimate of drug-likeness (QED) is 0.401. The lowest BCUT2D eigenvalue weighted by Gasteiger charge is -2.08. The van der Waals surface area contributed by atoms with Crippen LogP contribution in [-0.4, -0.2) is 59.1 Å². The Morgan fingerprint density at radius 2 is 1.62 bits per heavy atom. The molecule has 0 aliphatic heterocycles. The maximum atomic E-state index is 11.9. The summed E-state index contributed by atoms with van der Waals surface area (Å²) in [6.45, 7) is 6.24. The Bertz CT molecular complexity index is 437. The molecule has 0 atom stereocenters. The van der Waals surface area contributed by atoms with Crippen molar-refractivity contribution >= 4 is 11.7 Å². The Labute approximate surface area is 144 Å². The van der Waals surface area contributed by atoms with E-state index in [1.165, 1.54) is 0 Å². The summed E-state index contributed by atoms with van der Waals surface area (Å²) in [5.74, 6) is -0.330. The van der Waals surface area contributed by atoms with Crippen molar-refractivity contribution in [3.05, 3.63) is 29.8 Å². The number of likely N-dealkylation sites (N-methyl/N-ethyl adjacent to an activating group) is 1. The van der Waals surface area contributed by atoms with Gasteiger partial charge in [-0.05, 0) is 37.7 Å².